The zero-order chi connectivity index (χ0) is 16.3. The van der Waals surface area contributed by atoms with Crippen LogP contribution in [-0.2, 0) is 21.3 Å². The second-order valence-electron chi connectivity index (χ2n) is 4.35. The number of benzene rings is 1. The Kier molecular flexibility index (Phi) is 4.48. The number of aliphatic carboxylic acids is 1. The van der Waals surface area contributed by atoms with E-state index in [0.29, 0.717) is 5.56 Å². The summed E-state index contributed by atoms with van der Waals surface area (Å²) >= 11 is 0. The summed E-state index contributed by atoms with van der Waals surface area (Å²) < 4.78 is 42.1. The number of methoxy groups -OCH3 is 1. The van der Waals surface area contributed by atoms with Crippen LogP contribution >= 0.6 is 0 Å². The van der Waals surface area contributed by atoms with Crippen LogP contribution in [0.4, 0.5) is 0 Å². The molecule has 0 aliphatic rings. The molecule has 1 aromatic carbocycles. The Hall–Kier alpha value is -2.39. The van der Waals surface area contributed by atoms with Gasteiger partial charge in [0.1, 0.15) is 10.6 Å². The van der Waals surface area contributed by atoms with E-state index in [2.05, 4.69) is 4.98 Å². The van der Waals surface area contributed by atoms with Gasteiger partial charge in [-0.25, -0.2) is 4.98 Å². The molecule has 1 heterocycles. The van der Waals surface area contributed by atoms with Crippen molar-refractivity contribution in [3.8, 4) is 17.1 Å². The molecule has 2 N–H and O–H groups in total. The number of hydrogen-bond donors (Lipinski definition) is 2. The maximum absolute atomic E-state index is 11.3. The van der Waals surface area contributed by atoms with Crippen LogP contribution in [0.25, 0.3) is 11.3 Å². The zero-order valence-corrected chi connectivity index (χ0v) is 12.3. The Morgan fingerprint density at radius 3 is 2.73 bits per heavy atom. The third-order valence-electron chi connectivity index (χ3n) is 2.83. The smallest absolute Gasteiger partial charge is 0.303 e. The molecule has 1 aromatic heterocycles. The molecule has 0 spiro atoms. The highest BCUT2D eigenvalue weighted by atomic mass is 32.2. The number of oxazole rings is 1. The average molecular weight is 327 g/mol. The molecule has 0 fully saturated rings. The standard InChI is InChI=1S/C13H13NO7S/c1-20-9-3-2-8(6-11(9)22(17,18)19)10-7-14-12(21-10)4-5-13(15)16/h2-3,6-7H,4-5H2,1H3,(H,15,16)(H,17,18,19). The molecule has 0 aliphatic heterocycles. The van der Waals surface area contributed by atoms with Crippen molar-refractivity contribution in [2.24, 2.45) is 0 Å². The lowest BCUT2D eigenvalue weighted by atomic mass is 10.2. The quantitative estimate of drug-likeness (QED) is 0.766. The molecule has 0 bridgehead atoms. The Bertz CT molecular complexity index is 794. The lowest BCUT2D eigenvalue weighted by Gasteiger charge is -2.07. The van der Waals surface area contributed by atoms with Gasteiger partial charge in [0.15, 0.2) is 11.7 Å². The average Bonchev–Trinajstić information content (AvgIpc) is 2.92. The number of carboxylic acids is 1. The molecule has 2 rings (SSSR count). The number of aromatic nitrogens is 1. The number of carboxylic acid groups (broad SMARTS) is 1. The lowest BCUT2D eigenvalue weighted by Crippen LogP contribution is -2.01. The van der Waals surface area contributed by atoms with Gasteiger partial charge in [-0.1, -0.05) is 0 Å². The fraction of sp³-hybridized carbons (Fsp3) is 0.231. The zero-order valence-electron chi connectivity index (χ0n) is 11.5. The van der Waals surface area contributed by atoms with Crippen molar-refractivity contribution in [1.29, 1.82) is 0 Å². The second kappa shape index (κ2) is 6.16. The molecule has 0 saturated carbocycles. The molecular formula is C13H13NO7S. The van der Waals surface area contributed by atoms with Gasteiger partial charge in [0.25, 0.3) is 10.1 Å². The molecule has 8 nitrogen and oxygen atoms in total. The lowest BCUT2D eigenvalue weighted by molar-refractivity contribution is -0.137. The predicted molar refractivity (Wildman–Crippen MR) is 74.3 cm³/mol. The Labute approximate surface area is 126 Å². The van der Waals surface area contributed by atoms with Crippen LogP contribution in [0.15, 0.2) is 33.7 Å². The van der Waals surface area contributed by atoms with Crippen LogP contribution in [0.3, 0.4) is 0 Å². The molecular weight excluding hydrogens is 314 g/mol. The van der Waals surface area contributed by atoms with E-state index in [0.717, 1.165) is 0 Å². The molecule has 0 amide bonds. The summed E-state index contributed by atoms with van der Waals surface area (Å²) in [5, 5.41) is 8.60. The van der Waals surface area contributed by atoms with Crippen molar-refractivity contribution < 1.29 is 32.0 Å². The molecule has 9 heteroatoms. The predicted octanol–water partition coefficient (Wildman–Crippen LogP) is 1.61. The van der Waals surface area contributed by atoms with E-state index in [9.17, 15) is 17.8 Å². The highest BCUT2D eigenvalue weighted by molar-refractivity contribution is 7.86. The second-order valence-corrected chi connectivity index (χ2v) is 5.74. The largest absolute Gasteiger partial charge is 0.495 e. The SMILES string of the molecule is COc1ccc(-c2cnc(CCC(=O)O)o2)cc1S(=O)(=O)O. The van der Waals surface area contributed by atoms with Crippen molar-refractivity contribution in [1.82, 2.24) is 4.98 Å². The molecule has 2 aromatic rings. The van der Waals surface area contributed by atoms with Gasteiger partial charge in [-0.2, -0.15) is 8.42 Å². The Balaban J connectivity index is 2.35. The first kappa shape index (κ1) is 16.0. The van der Waals surface area contributed by atoms with Crippen molar-refractivity contribution in [2.45, 2.75) is 17.7 Å². The van der Waals surface area contributed by atoms with Crippen LogP contribution in [0.1, 0.15) is 12.3 Å². The van der Waals surface area contributed by atoms with E-state index in [-0.39, 0.29) is 30.2 Å². The van der Waals surface area contributed by atoms with Crippen molar-refractivity contribution in [3.05, 3.63) is 30.3 Å². The Morgan fingerprint density at radius 1 is 1.41 bits per heavy atom. The van der Waals surface area contributed by atoms with Gasteiger partial charge in [-0.15, -0.1) is 0 Å². The van der Waals surface area contributed by atoms with E-state index in [4.69, 9.17) is 14.3 Å². The van der Waals surface area contributed by atoms with E-state index >= 15 is 0 Å². The van der Waals surface area contributed by atoms with Crippen molar-refractivity contribution >= 4 is 16.1 Å². The minimum Gasteiger partial charge on any atom is -0.495 e. The first-order chi connectivity index (χ1) is 10.3. The number of hydrogen-bond acceptors (Lipinski definition) is 6. The molecule has 0 unspecified atom stereocenters. The maximum Gasteiger partial charge on any atom is 0.303 e. The number of aryl methyl sites for hydroxylation is 1. The van der Waals surface area contributed by atoms with Crippen LogP contribution in [0.5, 0.6) is 5.75 Å². The summed E-state index contributed by atoms with van der Waals surface area (Å²) in [4.78, 5) is 14.0. The number of nitrogens with zero attached hydrogens (tertiary/aromatic N) is 1. The highest BCUT2D eigenvalue weighted by Crippen LogP contribution is 2.30. The highest BCUT2D eigenvalue weighted by Gasteiger charge is 2.19. The summed E-state index contributed by atoms with van der Waals surface area (Å²) in [5.74, 6) is -0.496. The topological polar surface area (TPSA) is 127 Å². The van der Waals surface area contributed by atoms with Gasteiger partial charge < -0.3 is 14.3 Å². The molecule has 0 atom stereocenters. The maximum atomic E-state index is 11.3. The van der Waals surface area contributed by atoms with Crippen molar-refractivity contribution in [3.63, 3.8) is 0 Å². The van der Waals surface area contributed by atoms with Crippen LogP contribution in [-0.4, -0.2) is 36.1 Å². The summed E-state index contributed by atoms with van der Waals surface area (Å²) in [6.07, 6.45) is 1.35. The van der Waals surface area contributed by atoms with Crippen LogP contribution in [0, 0.1) is 0 Å². The molecule has 118 valence electrons. The summed E-state index contributed by atoms with van der Waals surface area (Å²) in [6, 6.07) is 4.10. The fourth-order valence-electron chi connectivity index (χ4n) is 1.80. The monoisotopic (exact) mass is 327 g/mol. The van der Waals surface area contributed by atoms with Gasteiger partial charge in [0.2, 0.25) is 0 Å². The summed E-state index contributed by atoms with van der Waals surface area (Å²) in [6.45, 7) is 0. The molecule has 22 heavy (non-hydrogen) atoms. The van der Waals surface area contributed by atoms with Gasteiger partial charge in [-0.3, -0.25) is 9.35 Å². The first-order valence-corrected chi connectivity index (χ1v) is 7.57. The van der Waals surface area contributed by atoms with Gasteiger partial charge in [-0.05, 0) is 18.2 Å². The molecule has 0 radical (unpaired) electrons. The summed E-state index contributed by atoms with van der Waals surface area (Å²) in [7, 11) is -3.18. The van der Waals surface area contributed by atoms with Crippen LogP contribution < -0.4 is 4.74 Å². The first-order valence-electron chi connectivity index (χ1n) is 6.13. The van der Waals surface area contributed by atoms with Gasteiger partial charge in [0.05, 0.1) is 19.7 Å². The van der Waals surface area contributed by atoms with E-state index in [1.54, 1.807) is 0 Å². The van der Waals surface area contributed by atoms with E-state index in [1.807, 2.05) is 0 Å². The van der Waals surface area contributed by atoms with E-state index < -0.39 is 21.0 Å². The molecule has 0 saturated heterocycles. The molecule has 0 aliphatic carbocycles. The normalized spacial score (nSPS) is 11.4. The fourth-order valence-corrected chi connectivity index (χ4v) is 2.49. The third kappa shape index (κ3) is 3.62. The Morgan fingerprint density at radius 2 is 2.14 bits per heavy atom. The minimum absolute atomic E-state index is 0.00290. The summed E-state index contributed by atoms with van der Waals surface area (Å²) in [5.41, 5.74) is 0.363. The number of rotatable bonds is 6. The van der Waals surface area contributed by atoms with Gasteiger partial charge in [0, 0.05) is 12.0 Å². The minimum atomic E-state index is -4.46. The number of ether oxygens (including phenoxy) is 1. The van der Waals surface area contributed by atoms with Crippen LogP contribution in [0.2, 0.25) is 0 Å². The number of carbonyl (C=O) groups is 1. The van der Waals surface area contributed by atoms with E-state index in [1.165, 1.54) is 31.5 Å². The van der Waals surface area contributed by atoms with Crippen molar-refractivity contribution in [2.75, 3.05) is 7.11 Å². The van der Waals surface area contributed by atoms with Gasteiger partial charge >= 0.3 is 5.97 Å². The third-order valence-corrected chi connectivity index (χ3v) is 3.71.